The Kier molecular flexibility index (Phi) is 2.28. The summed E-state index contributed by atoms with van der Waals surface area (Å²) in [6.45, 7) is 1.70. The predicted octanol–water partition coefficient (Wildman–Crippen LogP) is 1.01. The second-order valence-corrected chi connectivity index (χ2v) is 2.47. The van der Waals surface area contributed by atoms with Gasteiger partial charge in [0.1, 0.15) is 0 Å². The van der Waals surface area contributed by atoms with Crippen LogP contribution in [0, 0.1) is 0 Å². The van der Waals surface area contributed by atoms with Gasteiger partial charge in [0.15, 0.2) is 5.78 Å². The van der Waals surface area contributed by atoms with E-state index in [0.29, 0.717) is 5.57 Å². The van der Waals surface area contributed by atoms with Gasteiger partial charge < -0.3 is 5.11 Å². The highest BCUT2D eigenvalue weighted by Crippen LogP contribution is 2.07. The van der Waals surface area contributed by atoms with E-state index in [2.05, 4.69) is 0 Å². The molecule has 4 heteroatoms. The monoisotopic (exact) mass is 167 g/mol. The number of carbonyl (C=O) groups excluding carboxylic acids is 1. The summed E-state index contributed by atoms with van der Waals surface area (Å²) in [6, 6.07) is 0. The molecule has 64 valence electrons. The summed E-state index contributed by atoms with van der Waals surface area (Å²) >= 11 is 0. The van der Waals surface area contributed by atoms with E-state index < -0.39 is 6.09 Å². The maximum absolute atomic E-state index is 10.8. The Balaban J connectivity index is 2.68. The quantitative estimate of drug-likeness (QED) is 0.634. The molecule has 0 atom stereocenters. The van der Waals surface area contributed by atoms with Crippen LogP contribution in [-0.4, -0.2) is 28.4 Å². The standard InChI is InChI=1S/C8H9NO3/c1-6(10)7-2-4-9(5-3-7)8(11)12/h2-4H,5H2,1H3,(H,11,12). The first-order chi connectivity index (χ1) is 5.61. The highest BCUT2D eigenvalue weighted by atomic mass is 16.4. The van der Waals surface area contributed by atoms with E-state index in [9.17, 15) is 9.59 Å². The third-order valence-electron chi connectivity index (χ3n) is 1.59. The van der Waals surface area contributed by atoms with Gasteiger partial charge in [0.25, 0.3) is 0 Å². The molecule has 4 nitrogen and oxygen atoms in total. The third-order valence-corrected chi connectivity index (χ3v) is 1.59. The largest absolute Gasteiger partial charge is 0.465 e. The number of carbonyl (C=O) groups is 2. The molecule has 12 heavy (non-hydrogen) atoms. The Bertz CT molecular complexity index is 278. The van der Waals surface area contributed by atoms with E-state index >= 15 is 0 Å². The van der Waals surface area contributed by atoms with Crippen molar-refractivity contribution in [1.29, 1.82) is 0 Å². The molecule has 0 aliphatic carbocycles. The van der Waals surface area contributed by atoms with Gasteiger partial charge in [-0.2, -0.15) is 0 Å². The summed E-state index contributed by atoms with van der Waals surface area (Å²) in [6.07, 6.45) is 3.47. The minimum Gasteiger partial charge on any atom is -0.465 e. The van der Waals surface area contributed by atoms with Crippen LogP contribution >= 0.6 is 0 Å². The van der Waals surface area contributed by atoms with Gasteiger partial charge in [-0.05, 0) is 13.0 Å². The van der Waals surface area contributed by atoms with E-state index in [1.165, 1.54) is 19.2 Å². The van der Waals surface area contributed by atoms with Crippen molar-refractivity contribution in [3.05, 3.63) is 23.9 Å². The van der Waals surface area contributed by atoms with Crippen LogP contribution in [0.15, 0.2) is 23.9 Å². The summed E-state index contributed by atoms with van der Waals surface area (Å²) in [7, 11) is 0. The minimum atomic E-state index is -1.01. The molecule has 1 aliphatic rings. The Morgan fingerprint density at radius 1 is 1.58 bits per heavy atom. The summed E-state index contributed by atoms with van der Waals surface area (Å²) in [5.74, 6) is -0.0451. The molecule has 0 aromatic carbocycles. The van der Waals surface area contributed by atoms with Crippen LogP contribution in [0.25, 0.3) is 0 Å². The number of ketones is 1. The van der Waals surface area contributed by atoms with Crippen LogP contribution in [0.1, 0.15) is 6.92 Å². The summed E-state index contributed by atoms with van der Waals surface area (Å²) in [5.41, 5.74) is 0.563. The van der Waals surface area contributed by atoms with Crippen molar-refractivity contribution in [3.63, 3.8) is 0 Å². The second-order valence-electron chi connectivity index (χ2n) is 2.47. The Labute approximate surface area is 69.8 Å². The van der Waals surface area contributed by atoms with Crippen LogP contribution in [-0.2, 0) is 4.79 Å². The van der Waals surface area contributed by atoms with Crippen molar-refractivity contribution in [2.45, 2.75) is 6.92 Å². The third kappa shape index (κ3) is 1.72. The lowest BCUT2D eigenvalue weighted by Gasteiger charge is -2.15. The Morgan fingerprint density at radius 2 is 2.25 bits per heavy atom. The molecule has 1 amide bonds. The average molecular weight is 167 g/mol. The van der Waals surface area contributed by atoms with Gasteiger partial charge in [0, 0.05) is 18.3 Å². The fourth-order valence-corrected chi connectivity index (χ4v) is 0.899. The van der Waals surface area contributed by atoms with Gasteiger partial charge in [-0.15, -0.1) is 0 Å². The normalized spacial score (nSPS) is 15.8. The zero-order valence-electron chi connectivity index (χ0n) is 6.65. The number of nitrogens with zero attached hydrogens (tertiary/aromatic N) is 1. The van der Waals surface area contributed by atoms with Crippen LogP contribution in [0.3, 0.4) is 0 Å². The van der Waals surface area contributed by atoms with Crippen molar-refractivity contribution >= 4 is 11.9 Å². The van der Waals surface area contributed by atoms with Gasteiger partial charge in [-0.3, -0.25) is 9.69 Å². The van der Waals surface area contributed by atoms with Gasteiger partial charge in [-0.1, -0.05) is 6.08 Å². The topological polar surface area (TPSA) is 57.6 Å². The van der Waals surface area contributed by atoms with Crippen molar-refractivity contribution in [2.75, 3.05) is 6.54 Å². The van der Waals surface area contributed by atoms with E-state index in [0.717, 1.165) is 4.90 Å². The van der Waals surface area contributed by atoms with Crippen molar-refractivity contribution in [2.24, 2.45) is 0 Å². The lowest BCUT2D eigenvalue weighted by molar-refractivity contribution is -0.113. The van der Waals surface area contributed by atoms with Gasteiger partial charge in [0.05, 0.1) is 0 Å². The molecule has 0 fully saturated rings. The Hall–Kier alpha value is -1.58. The van der Waals surface area contributed by atoms with Crippen LogP contribution in [0.2, 0.25) is 0 Å². The molecule has 0 aromatic rings. The van der Waals surface area contributed by atoms with E-state index in [-0.39, 0.29) is 12.3 Å². The SMILES string of the molecule is CC(=O)C1=CCN(C(=O)O)C=C1. The molecule has 0 radical (unpaired) electrons. The molecular weight excluding hydrogens is 158 g/mol. The minimum absolute atomic E-state index is 0.0451. The van der Waals surface area contributed by atoms with Crippen LogP contribution in [0.4, 0.5) is 4.79 Å². The maximum atomic E-state index is 10.8. The molecule has 0 bridgehead atoms. The Morgan fingerprint density at radius 3 is 2.58 bits per heavy atom. The summed E-state index contributed by atoms with van der Waals surface area (Å²) in [4.78, 5) is 22.3. The van der Waals surface area contributed by atoms with E-state index in [1.807, 2.05) is 0 Å². The first kappa shape index (κ1) is 8.52. The molecule has 0 saturated carbocycles. The van der Waals surface area contributed by atoms with Crippen molar-refractivity contribution in [1.82, 2.24) is 4.90 Å². The average Bonchev–Trinajstić information content (AvgIpc) is 2.04. The summed E-state index contributed by atoms with van der Waals surface area (Å²) in [5, 5.41) is 8.52. The molecule has 1 N–H and O–H groups in total. The van der Waals surface area contributed by atoms with Gasteiger partial charge in [-0.25, -0.2) is 4.79 Å². The molecule has 0 aromatic heterocycles. The molecule has 0 unspecified atom stereocenters. The zero-order chi connectivity index (χ0) is 9.14. The molecule has 1 heterocycles. The highest BCUT2D eigenvalue weighted by molar-refractivity contribution is 5.96. The van der Waals surface area contributed by atoms with Crippen molar-refractivity contribution in [3.8, 4) is 0 Å². The number of amides is 1. The predicted molar refractivity (Wildman–Crippen MR) is 42.6 cm³/mol. The smallest absolute Gasteiger partial charge is 0.411 e. The molecular formula is C8H9NO3. The number of hydrogen-bond acceptors (Lipinski definition) is 2. The van der Waals surface area contributed by atoms with Crippen LogP contribution < -0.4 is 0 Å². The number of carboxylic acid groups (broad SMARTS) is 1. The first-order valence-electron chi connectivity index (χ1n) is 3.50. The zero-order valence-corrected chi connectivity index (χ0v) is 6.65. The number of Topliss-reactive ketones (excluding diaryl/α,β-unsaturated/α-hetero) is 1. The first-order valence-corrected chi connectivity index (χ1v) is 3.50. The lowest BCUT2D eigenvalue weighted by Crippen LogP contribution is -2.26. The molecule has 1 rings (SSSR count). The number of hydrogen-bond donors (Lipinski definition) is 1. The fourth-order valence-electron chi connectivity index (χ4n) is 0.899. The van der Waals surface area contributed by atoms with Crippen LogP contribution in [0.5, 0.6) is 0 Å². The number of allylic oxidation sites excluding steroid dienone is 2. The van der Waals surface area contributed by atoms with E-state index in [4.69, 9.17) is 5.11 Å². The summed E-state index contributed by atoms with van der Waals surface area (Å²) < 4.78 is 0. The van der Waals surface area contributed by atoms with Gasteiger partial charge >= 0.3 is 6.09 Å². The molecule has 1 aliphatic heterocycles. The lowest BCUT2D eigenvalue weighted by atomic mass is 10.1. The maximum Gasteiger partial charge on any atom is 0.411 e. The second kappa shape index (κ2) is 3.21. The highest BCUT2D eigenvalue weighted by Gasteiger charge is 2.11. The van der Waals surface area contributed by atoms with Crippen molar-refractivity contribution < 1.29 is 14.7 Å². The van der Waals surface area contributed by atoms with Gasteiger partial charge in [0.2, 0.25) is 0 Å². The van der Waals surface area contributed by atoms with E-state index in [1.54, 1.807) is 6.08 Å². The fraction of sp³-hybridized carbons (Fsp3) is 0.250. The number of rotatable bonds is 1. The molecule has 0 spiro atoms. The molecule has 0 saturated heterocycles.